The van der Waals surface area contributed by atoms with Crippen LogP contribution in [0, 0.1) is 0 Å². The van der Waals surface area contributed by atoms with Crippen molar-refractivity contribution in [2.75, 3.05) is 6.61 Å². The Morgan fingerprint density at radius 2 is 1.93 bits per heavy atom. The Bertz CT molecular complexity index is 246. The molecule has 0 radical (unpaired) electrons. The van der Waals surface area contributed by atoms with Gasteiger partial charge in [-0.15, -0.1) is 0 Å². The van der Waals surface area contributed by atoms with E-state index in [1.165, 1.54) is 5.56 Å². The van der Waals surface area contributed by atoms with Crippen molar-refractivity contribution in [1.82, 2.24) is 0 Å². The minimum atomic E-state index is -0.203. The first-order chi connectivity index (χ1) is 7.33. The molecule has 15 heavy (non-hydrogen) atoms. The molecule has 0 aliphatic heterocycles. The van der Waals surface area contributed by atoms with Gasteiger partial charge in [-0.25, -0.2) is 0 Å². The van der Waals surface area contributed by atoms with Crippen LogP contribution in [-0.4, -0.2) is 17.8 Å². The van der Waals surface area contributed by atoms with Crippen molar-refractivity contribution >= 4 is 0 Å². The molecular formula is C13H20O2. The monoisotopic (exact) mass is 208 g/mol. The highest BCUT2D eigenvalue weighted by atomic mass is 16.5. The van der Waals surface area contributed by atoms with Gasteiger partial charge in [0.2, 0.25) is 0 Å². The maximum Gasteiger partial charge on any atom is 0.0716 e. The topological polar surface area (TPSA) is 29.5 Å². The molecular weight excluding hydrogens is 188 g/mol. The lowest BCUT2D eigenvalue weighted by molar-refractivity contribution is 0.0698. The Kier molecular flexibility index (Phi) is 6.05. The van der Waals surface area contributed by atoms with Crippen molar-refractivity contribution in [2.24, 2.45) is 0 Å². The first-order valence-corrected chi connectivity index (χ1v) is 5.62. The number of benzene rings is 1. The molecule has 0 aliphatic rings. The molecule has 0 aliphatic carbocycles. The third-order valence-electron chi connectivity index (χ3n) is 2.33. The predicted molar refractivity (Wildman–Crippen MR) is 61.6 cm³/mol. The summed E-state index contributed by atoms with van der Waals surface area (Å²) < 4.78 is 5.48. The second-order valence-electron chi connectivity index (χ2n) is 3.77. The van der Waals surface area contributed by atoms with E-state index in [0.717, 1.165) is 19.3 Å². The lowest BCUT2D eigenvalue weighted by Gasteiger charge is -2.09. The fourth-order valence-electron chi connectivity index (χ4n) is 1.46. The third kappa shape index (κ3) is 5.55. The molecule has 0 bridgehead atoms. The van der Waals surface area contributed by atoms with Gasteiger partial charge < -0.3 is 9.84 Å². The van der Waals surface area contributed by atoms with Crippen LogP contribution < -0.4 is 0 Å². The molecule has 0 fully saturated rings. The molecule has 1 aromatic rings. The van der Waals surface area contributed by atoms with Crippen LogP contribution >= 0.6 is 0 Å². The fraction of sp³-hybridized carbons (Fsp3) is 0.538. The highest BCUT2D eigenvalue weighted by Gasteiger charge is 2.01. The first kappa shape index (κ1) is 12.2. The standard InChI is InChI=1S/C13H20O2/c1-2-6-13(14)9-10-15-11-12-7-4-3-5-8-12/h3-5,7-8,13-14H,2,6,9-11H2,1H3. The van der Waals surface area contributed by atoms with E-state index in [0.29, 0.717) is 13.2 Å². The molecule has 0 saturated carbocycles. The van der Waals surface area contributed by atoms with Crippen LogP contribution in [0.2, 0.25) is 0 Å². The Hall–Kier alpha value is -0.860. The lowest BCUT2D eigenvalue weighted by Crippen LogP contribution is -2.09. The molecule has 0 amide bonds. The van der Waals surface area contributed by atoms with Crippen molar-refractivity contribution < 1.29 is 9.84 Å². The molecule has 1 rings (SSSR count). The Morgan fingerprint density at radius 3 is 2.60 bits per heavy atom. The molecule has 0 spiro atoms. The highest BCUT2D eigenvalue weighted by molar-refractivity contribution is 5.13. The average Bonchev–Trinajstić information content (AvgIpc) is 2.26. The summed E-state index contributed by atoms with van der Waals surface area (Å²) in [6, 6.07) is 10.1. The van der Waals surface area contributed by atoms with Gasteiger partial charge in [0.15, 0.2) is 0 Å². The van der Waals surface area contributed by atoms with Gasteiger partial charge in [-0.2, -0.15) is 0 Å². The lowest BCUT2D eigenvalue weighted by atomic mass is 10.1. The van der Waals surface area contributed by atoms with Gasteiger partial charge in [0.05, 0.1) is 12.7 Å². The summed E-state index contributed by atoms with van der Waals surface area (Å²) in [5, 5.41) is 9.47. The maximum atomic E-state index is 9.47. The smallest absolute Gasteiger partial charge is 0.0716 e. The van der Waals surface area contributed by atoms with Gasteiger partial charge in [-0.05, 0) is 18.4 Å². The summed E-state index contributed by atoms with van der Waals surface area (Å²) in [7, 11) is 0. The maximum absolute atomic E-state index is 9.47. The van der Waals surface area contributed by atoms with E-state index in [4.69, 9.17) is 4.74 Å². The minimum Gasteiger partial charge on any atom is -0.393 e. The number of hydrogen-bond acceptors (Lipinski definition) is 2. The summed E-state index contributed by atoms with van der Waals surface area (Å²) in [5.41, 5.74) is 1.18. The molecule has 1 aromatic carbocycles. The first-order valence-electron chi connectivity index (χ1n) is 5.62. The minimum absolute atomic E-state index is 0.203. The van der Waals surface area contributed by atoms with Crippen molar-refractivity contribution in [3.05, 3.63) is 35.9 Å². The molecule has 1 atom stereocenters. The summed E-state index contributed by atoms with van der Waals surface area (Å²) >= 11 is 0. The zero-order chi connectivity index (χ0) is 10.9. The Morgan fingerprint density at radius 1 is 1.20 bits per heavy atom. The zero-order valence-electron chi connectivity index (χ0n) is 9.36. The summed E-state index contributed by atoms with van der Waals surface area (Å²) in [4.78, 5) is 0. The SMILES string of the molecule is CCCC(O)CCOCc1ccccc1. The molecule has 1 unspecified atom stereocenters. The Balaban J connectivity index is 2.07. The van der Waals surface area contributed by atoms with Crippen LogP contribution in [0.1, 0.15) is 31.7 Å². The number of ether oxygens (including phenoxy) is 1. The van der Waals surface area contributed by atoms with Crippen LogP contribution in [0.3, 0.4) is 0 Å². The summed E-state index contributed by atoms with van der Waals surface area (Å²) in [5.74, 6) is 0. The van der Waals surface area contributed by atoms with Gasteiger partial charge in [0, 0.05) is 6.61 Å². The zero-order valence-corrected chi connectivity index (χ0v) is 9.36. The second kappa shape index (κ2) is 7.43. The fourth-order valence-corrected chi connectivity index (χ4v) is 1.46. The van der Waals surface area contributed by atoms with Gasteiger partial charge >= 0.3 is 0 Å². The number of aliphatic hydroxyl groups excluding tert-OH is 1. The highest BCUT2D eigenvalue weighted by Crippen LogP contribution is 2.04. The molecule has 2 heteroatoms. The quantitative estimate of drug-likeness (QED) is 0.698. The largest absolute Gasteiger partial charge is 0.393 e. The van der Waals surface area contributed by atoms with Gasteiger partial charge in [-0.3, -0.25) is 0 Å². The van der Waals surface area contributed by atoms with Crippen LogP contribution in [-0.2, 0) is 11.3 Å². The van der Waals surface area contributed by atoms with Gasteiger partial charge in [-0.1, -0.05) is 43.7 Å². The van der Waals surface area contributed by atoms with E-state index in [9.17, 15) is 5.11 Å². The normalized spacial score (nSPS) is 12.7. The van der Waals surface area contributed by atoms with Crippen LogP contribution in [0.4, 0.5) is 0 Å². The molecule has 1 N–H and O–H groups in total. The molecule has 0 saturated heterocycles. The van der Waals surface area contributed by atoms with Crippen LogP contribution in [0.15, 0.2) is 30.3 Å². The van der Waals surface area contributed by atoms with Crippen LogP contribution in [0.5, 0.6) is 0 Å². The molecule has 84 valence electrons. The third-order valence-corrected chi connectivity index (χ3v) is 2.33. The van der Waals surface area contributed by atoms with E-state index in [1.54, 1.807) is 0 Å². The van der Waals surface area contributed by atoms with Gasteiger partial charge in [0.1, 0.15) is 0 Å². The van der Waals surface area contributed by atoms with E-state index in [2.05, 4.69) is 6.92 Å². The van der Waals surface area contributed by atoms with Crippen LogP contribution in [0.25, 0.3) is 0 Å². The number of hydrogen-bond donors (Lipinski definition) is 1. The summed E-state index contributed by atoms with van der Waals surface area (Å²) in [6.07, 6.45) is 2.43. The Labute approximate surface area is 91.9 Å². The van der Waals surface area contributed by atoms with E-state index in [1.807, 2.05) is 30.3 Å². The van der Waals surface area contributed by atoms with Crippen molar-refractivity contribution in [3.63, 3.8) is 0 Å². The second-order valence-corrected chi connectivity index (χ2v) is 3.77. The van der Waals surface area contributed by atoms with Crippen molar-refractivity contribution in [3.8, 4) is 0 Å². The summed E-state index contributed by atoms with van der Waals surface area (Å²) in [6.45, 7) is 3.35. The molecule has 2 nitrogen and oxygen atoms in total. The number of rotatable bonds is 7. The number of aliphatic hydroxyl groups is 1. The van der Waals surface area contributed by atoms with Crippen molar-refractivity contribution in [2.45, 2.75) is 38.9 Å². The molecule has 0 heterocycles. The molecule has 0 aromatic heterocycles. The predicted octanol–water partition coefficient (Wildman–Crippen LogP) is 2.75. The van der Waals surface area contributed by atoms with E-state index in [-0.39, 0.29) is 6.10 Å². The van der Waals surface area contributed by atoms with Crippen molar-refractivity contribution in [1.29, 1.82) is 0 Å². The van der Waals surface area contributed by atoms with E-state index < -0.39 is 0 Å². The van der Waals surface area contributed by atoms with E-state index >= 15 is 0 Å². The average molecular weight is 208 g/mol. The van der Waals surface area contributed by atoms with Gasteiger partial charge in [0.25, 0.3) is 0 Å².